The summed E-state index contributed by atoms with van der Waals surface area (Å²) in [7, 11) is 0. The molecule has 0 saturated carbocycles. The van der Waals surface area contributed by atoms with Crippen LogP contribution in [0.4, 0.5) is 5.69 Å². The van der Waals surface area contributed by atoms with Crippen molar-refractivity contribution in [3.63, 3.8) is 0 Å². The van der Waals surface area contributed by atoms with Crippen LogP contribution in [0.15, 0.2) is 18.2 Å². The molecule has 0 aliphatic rings. The Kier molecular flexibility index (Phi) is 5.75. The molecule has 1 N–H and O–H groups in total. The van der Waals surface area contributed by atoms with E-state index in [9.17, 15) is 14.9 Å². The Morgan fingerprint density at radius 2 is 2.11 bits per heavy atom. The van der Waals surface area contributed by atoms with Crippen molar-refractivity contribution < 1.29 is 9.72 Å². The zero-order valence-corrected chi connectivity index (χ0v) is 12.9. The minimum atomic E-state index is -0.579. The van der Waals surface area contributed by atoms with Crippen molar-refractivity contribution in [2.75, 3.05) is 6.54 Å². The summed E-state index contributed by atoms with van der Waals surface area (Å²) in [5.41, 5.74) is -0.0143. The molecule has 0 heterocycles. The van der Waals surface area contributed by atoms with Crippen LogP contribution in [0.5, 0.6) is 0 Å². The number of hydrogen-bond donors (Lipinski definition) is 1. The van der Waals surface area contributed by atoms with E-state index in [-0.39, 0.29) is 27.0 Å². The van der Waals surface area contributed by atoms with Crippen molar-refractivity contribution in [2.24, 2.45) is 5.92 Å². The van der Waals surface area contributed by atoms with E-state index in [4.69, 9.17) is 11.6 Å². The van der Waals surface area contributed by atoms with E-state index in [0.717, 1.165) is 0 Å². The van der Waals surface area contributed by atoms with Gasteiger partial charge in [0.1, 0.15) is 0 Å². The molecule has 0 aliphatic carbocycles. The van der Waals surface area contributed by atoms with Gasteiger partial charge in [-0.2, -0.15) is 0 Å². The predicted molar refractivity (Wildman–Crippen MR) is 78.0 cm³/mol. The number of nitro groups is 1. The maximum absolute atomic E-state index is 11.9. The third-order valence-corrected chi connectivity index (χ3v) is 4.14. The molecule has 1 rings (SSSR count). The summed E-state index contributed by atoms with van der Waals surface area (Å²) in [5.74, 6) is -0.00954. The lowest BCUT2D eigenvalue weighted by molar-refractivity contribution is -0.384. The molecule has 19 heavy (non-hydrogen) atoms. The molecule has 7 heteroatoms. The van der Waals surface area contributed by atoms with Crippen LogP contribution in [0.1, 0.15) is 24.2 Å². The minimum absolute atomic E-state index is 0.144. The number of hydrogen-bond acceptors (Lipinski definition) is 3. The largest absolute Gasteiger partial charge is 0.351 e. The molecule has 5 nitrogen and oxygen atoms in total. The number of nitro benzene ring substituents is 1. The van der Waals surface area contributed by atoms with Gasteiger partial charge in [-0.15, -0.1) is 0 Å². The number of benzene rings is 1. The summed E-state index contributed by atoms with van der Waals surface area (Å²) in [4.78, 5) is 22.1. The monoisotopic (exact) mass is 348 g/mol. The van der Waals surface area contributed by atoms with Crippen molar-refractivity contribution in [2.45, 2.75) is 18.7 Å². The van der Waals surface area contributed by atoms with Gasteiger partial charge >= 0.3 is 0 Å². The van der Waals surface area contributed by atoms with Gasteiger partial charge < -0.3 is 5.32 Å². The molecule has 1 aromatic rings. The SMILES string of the molecule is CC(C)C(Br)CNC(=O)c1cc(Cl)cc([N+](=O)[O-])c1. The Morgan fingerprint density at radius 1 is 1.47 bits per heavy atom. The standard InChI is InChI=1S/C12H14BrClN2O3/c1-7(2)11(13)6-15-12(17)8-3-9(14)5-10(4-8)16(18)19/h3-5,7,11H,6H2,1-2H3,(H,15,17). The molecule has 0 aromatic heterocycles. The summed E-state index contributed by atoms with van der Waals surface area (Å²) in [5, 5.41) is 13.6. The van der Waals surface area contributed by atoms with Crippen molar-refractivity contribution >= 4 is 39.1 Å². The molecule has 0 spiro atoms. The van der Waals surface area contributed by atoms with Crippen LogP contribution in [0.3, 0.4) is 0 Å². The third-order valence-electron chi connectivity index (χ3n) is 2.54. The van der Waals surface area contributed by atoms with E-state index in [2.05, 4.69) is 21.2 Å². The van der Waals surface area contributed by atoms with E-state index in [1.807, 2.05) is 13.8 Å². The van der Waals surface area contributed by atoms with Crippen LogP contribution in [0.2, 0.25) is 5.02 Å². The summed E-state index contributed by atoms with van der Waals surface area (Å²) < 4.78 is 0. The summed E-state index contributed by atoms with van der Waals surface area (Å²) in [6, 6.07) is 3.82. The average molecular weight is 350 g/mol. The Hall–Kier alpha value is -1.14. The Balaban J connectivity index is 2.80. The first kappa shape index (κ1) is 15.9. The lowest BCUT2D eigenvalue weighted by atomic mass is 10.1. The number of carbonyl (C=O) groups is 1. The van der Waals surface area contributed by atoms with Crippen LogP contribution in [-0.4, -0.2) is 22.2 Å². The highest BCUT2D eigenvalue weighted by Crippen LogP contribution is 2.21. The smallest absolute Gasteiger partial charge is 0.271 e. The zero-order valence-electron chi connectivity index (χ0n) is 10.5. The number of halogens is 2. The van der Waals surface area contributed by atoms with Crippen LogP contribution >= 0.6 is 27.5 Å². The summed E-state index contributed by atoms with van der Waals surface area (Å²) >= 11 is 9.20. The van der Waals surface area contributed by atoms with Gasteiger partial charge in [0.15, 0.2) is 0 Å². The van der Waals surface area contributed by atoms with Gasteiger partial charge in [0.2, 0.25) is 0 Å². The van der Waals surface area contributed by atoms with Crippen LogP contribution < -0.4 is 5.32 Å². The number of rotatable bonds is 5. The van der Waals surface area contributed by atoms with Crippen molar-refractivity contribution in [1.29, 1.82) is 0 Å². The van der Waals surface area contributed by atoms with Gasteiger partial charge in [0, 0.05) is 34.1 Å². The van der Waals surface area contributed by atoms with Gasteiger partial charge in [0.05, 0.1) is 4.92 Å². The minimum Gasteiger partial charge on any atom is -0.351 e. The Morgan fingerprint density at radius 3 is 2.63 bits per heavy atom. The lowest BCUT2D eigenvalue weighted by Gasteiger charge is -2.14. The number of non-ortho nitro benzene ring substituents is 1. The molecule has 1 aromatic carbocycles. The highest BCUT2D eigenvalue weighted by molar-refractivity contribution is 9.09. The fourth-order valence-corrected chi connectivity index (χ4v) is 1.73. The second-order valence-electron chi connectivity index (χ2n) is 4.43. The first-order valence-electron chi connectivity index (χ1n) is 5.68. The van der Waals surface area contributed by atoms with Crippen LogP contribution in [0, 0.1) is 16.0 Å². The molecule has 0 saturated heterocycles. The van der Waals surface area contributed by atoms with Gasteiger partial charge in [-0.1, -0.05) is 41.4 Å². The highest BCUT2D eigenvalue weighted by atomic mass is 79.9. The maximum Gasteiger partial charge on any atom is 0.271 e. The van der Waals surface area contributed by atoms with Crippen molar-refractivity contribution in [3.8, 4) is 0 Å². The van der Waals surface area contributed by atoms with E-state index in [0.29, 0.717) is 12.5 Å². The van der Waals surface area contributed by atoms with E-state index in [1.165, 1.54) is 18.2 Å². The van der Waals surface area contributed by atoms with E-state index >= 15 is 0 Å². The summed E-state index contributed by atoms with van der Waals surface area (Å²) in [6.07, 6.45) is 0. The van der Waals surface area contributed by atoms with E-state index < -0.39 is 4.92 Å². The number of alkyl halides is 1. The normalized spacial score (nSPS) is 12.3. The van der Waals surface area contributed by atoms with Crippen LogP contribution in [0.25, 0.3) is 0 Å². The Bertz CT molecular complexity index is 494. The van der Waals surface area contributed by atoms with Crippen LogP contribution in [-0.2, 0) is 0 Å². The first-order valence-corrected chi connectivity index (χ1v) is 6.98. The fraction of sp³-hybridized carbons (Fsp3) is 0.417. The quantitative estimate of drug-likeness (QED) is 0.503. The fourth-order valence-electron chi connectivity index (χ4n) is 1.34. The first-order chi connectivity index (χ1) is 8.81. The maximum atomic E-state index is 11.9. The highest BCUT2D eigenvalue weighted by Gasteiger charge is 2.15. The molecule has 0 aliphatic heterocycles. The molecule has 0 radical (unpaired) electrons. The van der Waals surface area contributed by atoms with Gasteiger partial charge in [-0.3, -0.25) is 14.9 Å². The molecular weight excluding hydrogens is 336 g/mol. The second-order valence-corrected chi connectivity index (χ2v) is 6.04. The second kappa shape index (κ2) is 6.86. The molecule has 104 valence electrons. The Labute approximate surface area is 124 Å². The van der Waals surface area contributed by atoms with Crippen molar-refractivity contribution in [1.82, 2.24) is 5.32 Å². The molecule has 1 amide bonds. The zero-order chi connectivity index (χ0) is 14.6. The number of carbonyl (C=O) groups excluding carboxylic acids is 1. The third kappa shape index (κ3) is 4.80. The molecule has 1 unspecified atom stereocenters. The summed E-state index contributed by atoms with van der Waals surface area (Å²) in [6.45, 7) is 4.49. The molecule has 0 fully saturated rings. The van der Waals surface area contributed by atoms with Gasteiger partial charge in [0.25, 0.3) is 11.6 Å². The molecule has 0 bridgehead atoms. The average Bonchev–Trinajstić information content (AvgIpc) is 2.34. The molecule has 1 atom stereocenters. The molecular formula is C12H14BrClN2O3. The van der Waals surface area contributed by atoms with Gasteiger partial charge in [-0.25, -0.2) is 0 Å². The lowest BCUT2D eigenvalue weighted by Crippen LogP contribution is -2.31. The van der Waals surface area contributed by atoms with Gasteiger partial charge in [-0.05, 0) is 12.0 Å². The number of amides is 1. The number of nitrogens with one attached hydrogen (secondary N) is 1. The topological polar surface area (TPSA) is 72.2 Å². The van der Waals surface area contributed by atoms with Crippen molar-refractivity contribution in [3.05, 3.63) is 38.9 Å². The predicted octanol–water partition coefficient (Wildman–Crippen LogP) is 3.40. The number of nitrogens with zero attached hydrogens (tertiary/aromatic N) is 1. The van der Waals surface area contributed by atoms with E-state index in [1.54, 1.807) is 0 Å².